The molecule has 5 heteroatoms. The molecule has 26 heavy (non-hydrogen) atoms. The minimum absolute atomic E-state index is 0.441. The van der Waals surface area contributed by atoms with E-state index in [-0.39, 0.29) is 0 Å². The minimum Gasteiger partial charge on any atom is -0.381 e. The van der Waals surface area contributed by atoms with Gasteiger partial charge >= 0.3 is 0 Å². The van der Waals surface area contributed by atoms with E-state index in [2.05, 4.69) is 53.7 Å². The van der Waals surface area contributed by atoms with Gasteiger partial charge in [0.1, 0.15) is 0 Å². The van der Waals surface area contributed by atoms with Crippen LogP contribution in [0.15, 0.2) is 29.3 Å². The zero-order valence-electron chi connectivity index (χ0n) is 16.6. The maximum Gasteiger partial charge on any atom is 0.190 e. The van der Waals surface area contributed by atoms with E-state index in [0.29, 0.717) is 11.8 Å². The Bertz CT molecular complexity index is 542. The molecule has 1 aromatic carbocycles. The number of hydrogen-bond donors (Lipinski definition) is 2. The van der Waals surface area contributed by atoms with Gasteiger partial charge in [-0.2, -0.15) is 0 Å². The van der Waals surface area contributed by atoms with E-state index in [1.165, 1.54) is 11.1 Å². The van der Waals surface area contributed by atoms with Crippen molar-refractivity contribution in [1.29, 1.82) is 0 Å². The van der Waals surface area contributed by atoms with Gasteiger partial charge in [0, 0.05) is 46.6 Å². The van der Waals surface area contributed by atoms with Crippen LogP contribution in [-0.4, -0.2) is 52.5 Å². The van der Waals surface area contributed by atoms with Crippen molar-refractivity contribution in [2.24, 2.45) is 10.9 Å². The number of nitrogens with one attached hydrogen (secondary N) is 2. The summed E-state index contributed by atoms with van der Waals surface area (Å²) in [6.45, 7) is 9.53. The van der Waals surface area contributed by atoms with E-state index >= 15 is 0 Å². The summed E-state index contributed by atoms with van der Waals surface area (Å²) < 4.78 is 11.2. The first-order chi connectivity index (χ1) is 12.7. The highest BCUT2D eigenvalue weighted by atomic mass is 16.5. The maximum atomic E-state index is 5.80. The summed E-state index contributed by atoms with van der Waals surface area (Å²) in [7, 11) is 1.81. The number of guanidine groups is 1. The molecule has 0 spiro atoms. The van der Waals surface area contributed by atoms with Crippen LogP contribution in [0.25, 0.3) is 0 Å². The standard InChI is InChI=1S/C21H35N3O2/c1-17-6-4-7-20(14-17)18(2)15-24-21(22-3)23-10-5-11-26-16-19-8-12-25-13-9-19/h4,6-7,14,18-19H,5,8-13,15-16H2,1-3H3,(H2,22,23,24). The Morgan fingerprint density at radius 3 is 2.85 bits per heavy atom. The summed E-state index contributed by atoms with van der Waals surface area (Å²) in [6.07, 6.45) is 3.25. The Hall–Kier alpha value is -1.59. The van der Waals surface area contributed by atoms with E-state index in [0.717, 1.165) is 64.7 Å². The lowest BCUT2D eigenvalue weighted by atomic mass is 9.99. The third kappa shape index (κ3) is 7.75. The van der Waals surface area contributed by atoms with Crippen LogP contribution in [-0.2, 0) is 9.47 Å². The van der Waals surface area contributed by atoms with Crippen molar-refractivity contribution in [3.05, 3.63) is 35.4 Å². The van der Waals surface area contributed by atoms with E-state index in [4.69, 9.17) is 9.47 Å². The van der Waals surface area contributed by atoms with Gasteiger partial charge < -0.3 is 20.1 Å². The molecule has 1 saturated heterocycles. The predicted octanol–water partition coefficient (Wildman–Crippen LogP) is 3.10. The van der Waals surface area contributed by atoms with Crippen molar-refractivity contribution < 1.29 is 9.47 Å². The number of aryl methyl sites for hydroxylation is 1. The van der Waals surface area contributed by atoms with Crippen LogP contribution in [0.5, 0.6) is 0 Å². The smallest absolute Gasteiger partial charge is 0.190 e. The topological polar surface area (TPSA) is 54.9 Å². The molecule has 0 aliphatic carbocycles. The quantitative estimate of drug-likeness (QED) is 0.403. The average Bonchev–Trinajstić information content (AvgIpc) is 2.67. The van der Waals surface area contributed by atoms with Gasteiger partial charge in [-0.3, -0.25) is 4.99 Å². The fraction of sp³-hybridized carbons (Fsp3) is 0.667. The van der Waals surface area contributed by atoms with Crippen molar-refractivity contribution in [1.82, 2.24) is 10.6 Å². The molecule has 1 aliphatic rings. The molecule has 0 radical (unpaired) electrons. The summed E-state index contributed by atoms with van der Waals surface area (Å²) in [5, 5.41) is 6.78. The first kappa shape index (κ1) is 20.7. The molecule has 1 heterocycles. The van der Waals surface area contributed by atoms with Crippen LogP contribution in [0, 0.1) is 12.8 Å². The average molecular weight is 362 g/mol. The summed E-state index contributed by atoms with van der Waals surface area (Å²) in [5.41, 5.74) is 2.66. The molecule has 0 aromatic heterocycles. The molecule has 1 atom stereocenters. The lowest BCUT2D eigenvalue weighted by Gasteiger charge is -2.21. The zero-order chi connectivity index (χ0) is 18.6. The SMILES string of the molecule is CN=C(NCCCOCC1CCOCC1)NCC(C)c1cccc(C)c1. The predicted molar refractivity (Wildman–Crippen MR) is 108 cm³/mol. The van der Waals surface area contributed by atoms with Crippen LogP contribution in [0.4, 0.5) is 0 Å². The van der Waals surface area contributed by atoms with Gasteiger partial charge in [0.15, 0.2) is 5.96 Å². The van der Waals surface area contributed by atoms with Gasteiger partial charge in [-0.05, 0) is 43.6 Å². The monoisotopic (exact) mass is 361 g/mol. The van der Waals surface area contributed by atoms with Crippen molar-refractivity contribution >= 4 is 5.96 Å². The summed E-state index contributed by atoms with van der Waals surface area (Å²) in [4.78, 5) is 4.30. The fourth-order valence-corrected chi connectivity index (χ4v) is 3.11. The Labute approximate surface area is 158 Å². The molecule has 1 aromatic rings. The molecule has 146 valence electrons. The number of aliphatic imine (C=N–C) groups is 1. The molecule has 2 rings (SSSR count). The van der Waals surface area contributed by atoms with Crippen molar-refractivity contribution in [2.45, 2.75) is 39.0 Å². The number of nitrogens with zero attached hydrogens (tertiary/aromatic N) is 1. The van der Waals surface area contributed by atoms with Crippen LogP contribution < -0.4 is 10.6 Å². The minimum atomic E-state index is 0.441. The fourth-order valence-electron chi connectivity index (χ4n) is 3.11. The third-order valence-electron chi connectivity index (χ3n) is 4.86. The van der Waals surface area contributed by atoms with Crippen LogP contribution in [0.1, 0.15) is 43.2 Å². The van der Waals surface area contributed by atoms with Crippen LogP contribution in [0.2, 0.25) is 0 Å². The Balaban J connectivity index is 1.56. The molecule has 1 fully saturated rings. The largest absolute Gasteiger partial charge is 0.381 e. The molecule has 2 N–H and O–H groups in total. The van der Waals surface area contributed by atoms with Gasteiger partial charge in [-0.25, -0.2) is 0 Å². The second-order valence-electron chi connectivity index (χ2n) is 7.18. The molecule has 1 aliphatic heterocycles. The highest BCUT2D eigenvalue weighted by Crippen LogP contribution is 2.15. The molecule has 1 unspecified atom stereocenters. The lowest BCUT2D eigenvalue weighted by molar-refractivity contribution is 0.0203. The van der Waals surface area contributed by atoms with E-state index < -0.39 is 0 Å². The number of benzene rings is 1. The van der Waals surface area contributed by atoms with Gasteiger partial charge in [0.25, 0.3) is 0 Å². The second-order valence-corrected chi connectivity index (χ2v) is 7.18. The maximum absolute atomic E-state index is 5.80. The Morgan fingerprint density at radius 2 is 2.12 bits per heavy atom. The van der Waals surface area contributed by atoms with Gasteiger partial charge in [-0.1, -0.05) is 36.8 Å². The van der Waals surface area contributed by atoms with Gasteiger partial charge in [0.05, 0.1) is 0 Å². The van der Waals surface area contributed by atoms with Crippen molar-refractivity contribution in [3.8, 4) is 0 Å². The third-order valence-corrected chi connectivity index (χ3v) is 4.86. The molecular weight excluding hydrogens is 326 g/mol. The molecule has 0 amide bonds. The Morgan fingerprint density at radius 1 is 1.31 bits per heavy atom. The van der Waals surface area contributed by atoms with E-state index in [1.54, 1.807) is 0 Å². The number of ether oxygens (including phenoxy) is 2. The summed E-state index contributed by atoms with van der Waals surface area (Å²) in [6, 6.07) is 8.69. The van der Waals surface area contributed by atoms with Crippen molar-refractivity contribution in [3.63, 3.8) is 0 Å². The number of hydrogen-bond acceptors (Lipinski definition) is 3. The van der Waals surface area contributed by atoms with Crippen LogP contribution in [0.3, 0.4) is 0 Å². The summed E-state index contributed by atoms with van der Waals surface area (Å²) in [5.74, 6) is 1.97. The van der Waals surface area contributed by atoms with E-state index in [1.807, 2.05) is 7.05 Å². The number of rotatable bonds is 9. The van der Waals surface area contributed by atoms with Crippen molar-refractivity contribution in [2.75, 3.05) is 46.6 Å². The summed E-state index contributed by atoms with van der Waals surface area (Å²) >= 11 is 0. The molecule has 5 nitrogen and oxygen atoms in total. The molecule has 0 saturated carbocycles. The zero-order valence-corrected chi connectivity index (χ0v) is 16.6. The van der Waals surface area contributed by atoms with Gasteiger partial charge in [-0.15, -0.1) is 0 Å². The van der Waals surface area contributed by atoms with E-state index in [9.17, 15) is 0 Å². The highest BCUT2D eigenvalue weighted by molar-refractivity contribution is 5.79. The molecule has 0 bridgehead atoms. The van der Waals surface area contributed by atoms with Gasteiger partial charge in [0.2, 0.25) is 0 Å². The second kappa shape index (κ2) is 11.9. The molecular formula is C21H35N3O2. The normalized spacial score (nSPS) is 17.1. The Kier molecular flexibility index (Phi) is 9.50. The first-order valence-electron chi connectivity index (χ1n) is 9.85. The lowest BCUT2D eigenvalue weighted by Crippen LogP contribution is -2.39. The first-order valence-corrected chi connectivity index (χ1v) is 9.85. The van der Waals surface area contributed by atoms with Crippen LogP contribution >= 0.6 is 0 Å². The highest BCUT2D eigenvalue weighted by Gasteiger charge is 2.13.